The topological polar surface area (TPSA) is 62.9 Å². The number of hydrogen-bond acceptors (Lipinski definition) is 5. The minimum Gasteiger partial charge on any atom is -0.369 e. The molecule has 0 saturated heterocycles. The van der Waals surface area contributed by atoms with E-state index in [4.69, 9.17) is 23.2 Å². The molecule has 0 aliphatic rings. The average molecular weight is 488 g/mol. The minimum absolute atomic E-state index is 0.291. The predicted molar refractivity (Wildman–Crippen MR) is 127 cm³/mol. The molecule has 0 aliphatic carbocycles. The fourth-order valence-corrected chi connectivity index (χ4v) is 4.27. The zero-order valence-electron chi connectivity index (χ0n) is 17.0. The molecule has 0 spiro atoms. The van der Waals surface area contributed by atoms with Gasteiger partial charge < -0.3 is 4.90 Å². The maximum atomic E-state index is 13.3. The molecule has 0 saturated carbocycles. The number of rotatable bonds is 5. The standard InChI is InChI=1S/C22H16Cl2FN5OS/c1-29(2)11-26-14-4-5-15(16(23)10-14)21-18-6-8-20(28-30(18)12-27-22(21)31)32-19-7-3-13(25)9-17(19)24/h3-12H,1-2H3. The molecule has 0 amide bonds. The van der Waals surface area contributed by atoms with Gasteiger partial charge in [0, 0.05) is 24.6 Å². The molecule has 6 nitrogen and oxygen atoms in total. The number of halogens is 3. The van der Waals surface area contributed by atoms with Gasteiger partial charge in [0.15, 0.2) is 0 Å². The van der Waals surface area contributed by atoms with Gasteiger partial charge in [0.1, 0.15) is 17.2 Å². The van der Waals surface area contributed by atoms with E-state index < -0.39 is 11.4 Å². The lowest BCUT2D eigenvalue weighted by Gasteiger charge is -2.10. The lowest BCUT2D eigenvalue weighted by molar-refractivity contribution is 0.626. The Kier molecular flexibility index (Phi) is 6.45. The number of nitrogens with zero attached hydrogens (tertiary/aromatic N) is 5. The number of hydrogen-bond donors (Lipinski definition) is 0. The minimum atomic E-state index is -0.416. The first kappa shape index (κ1) is 22.3. The maximum absolute atomic E-state index is 13.3. The van der Waals surface area contributed by atoms with Gasteiger partial charge in [-0.15, -0.1) is 0 Å². The van der Waals surface area contributed by atoms with Crippen molar-refractivity contribution < 1.29 is 4.39 Å². The van der Waals surface area contributed by atoms with Crippen LogP contribution in [0.15, 0.2) is 74.6 Å². The number of benzene rings is 2. The molecule has 0 unspecified atom stereocenters. The largest absolute Gasteiger partial charge is 0.369 e. The zero-order chi connectivity index (χ0) is 22.8. The van der Waals surface area contributed by atoms with Gasteiger partial charge in [-0.1, -0.05) is 41.0 Å². The van der Waals surface area contributed by atoms with Crippen LogP contribution >= 0.6 is 35.0 Å². The molecule has 0 atom stereocenters. The van der Waals surface area contributed by atoms with Crippen molar-refractivity contribution in [3.8, 4) is 11.1 Å². The molecule has 4 aromatic rings. The summed E-state index contributed by atoms with van der Waals surface area (Å²) in [5.74, 6) is -0.410. The van der Waals surface area contributed by atoms with Gasteiger partial charge in [0.05, 0.1) is 33.2 Å². The number of fused-ring (bicyclic) bond motifs is 1. The average Bonchev–Trinajstić information content (AvgIpc) is 2.75. The summed E-state index contributed by atoms with van der Waals surface area (Å²) in [5.41, 5.74) is 1.67. The first-order valence-electron chi connectivity index (χ1n) is 9.34. The van der Waals surface area contributed by atoms with E-state index in [1.165, 1.54) is 34.7 Å². The van der Waals surface area contributed by atoms with E-state index in [-0.39, 0.29) is 0 Å². The normalized spacial score (nSPS) is 11.4. The van der Waals surface area contributed by atoms with Crippen molar-refractivity contribution in [1.29, 1.82) is 0 Å². The fraction of sp³-hybridized carbons (Fsp3) is 0.0909. The molecule has 2 aromatic heterocycles. The molecule has 4 rings (SSSR count). The fourth-order valence-electron chi connectivity index (χ4n) is 2.93. The Bertz CT molecular complexity index is 1410. The highest BCUT2D eigenvalue weighted by Crippen LogP contribution is 2.34. The van der Waals surface area contributed by atoms with E-state index >= 15 is 0 Å². The van der Waals surface area contributed by atoms with Gasteiger partial charge in [-0.25, -0.2) is 13.9 Å². The molecule has 0 fully saturated rings. The summed E-state index contributed by atoms with van der Waals surface area (Å²) in [4.78, 5) is 23.4. The third-order valence-corrected chi connectivity index (χ3v) is 6.10. The third kappa shape index (κ3) is 4.77. The molecule has 0 bridgehead atoms. The Balaban J connectivity index is 1.74. The van der Waals surface area contributed by atoms with E-state index in [9.17, 15) is 9.18 Å². The van der Waals surface area contributed by atoms with E-state index in [1.54, 1.807) is 42.7 Å². The summed E-state index contributed by atoms with van der Waals surface area (Å²) in [6, 6.07) is 12.9. The van der Waals surface area contributed by atoms with Crippen LogP contribution in [-0.4, -0.2) is 39.9 Å². The monoisotopic (exact) mass is 487 g/mol. The van der Waals surface area contributed by atoms with Gasteiger partial charge in [-0.2, -0.15) is 10.1 Å². The van der Waals surface area contributed by atoms with Crippen molar-refractivity contribution in [3.63, 3.8) is 0 Å². The van der Waals surface area contributed by atoms with Crippen LogP contribution < -0.4 is 5.56 Å². The van der Waals surface area contributed by atoms with Crippen molar-refractivity contribution in [2.24, 2.45) is 4.99 Å². The number of aromatic nitrogens is 3. The Morgan fingerprint density at radius 3 is 2.62 bits per heavy atom. The summed E-state index contributed by atoms with van der Waals surface area (Å²) in [6.07, 6.45) is 3.01. The van der Waals surface area contributed by atoms with Crippen molar-refractivity contribution in [3.05, 3.63) is 81.1 Å². The molecule has 2 heterocycles. The summed E-state index contributed by atoms with van der Waals surface area (Å²) >= 11 is 13.9. The molecule has 32 heavy (non-hydrogen) atoms. The van der Waals surface area contributed by atoms with Crippen LogP contribution in [0.2, 0.25) is 10.0 Å². The van der Waals surface area contributed by atoms with E-state index in [0.29, 0.717) is 42.3 Å². The molecule has 2 aromatic carbocycles. The van der Waals surface area contributed by atoms with E-state index in [1.807, 2.05) is 19.0 Å². The van der Waals surface area contributed by atoms with E-state index in [0.717, 1.165) is 0 Å². The molecule has 0 N–H and O–H groups in total. The molecule has 0 aliphatic heterocycles. The second-order valence-electron chi connectivity index (χ2n) is 6.98. The van der Waals surface area contributed by atoms with Crippen molar-refractivity contribution in [1.82, 2.24) is 19.5 Å². The highest BCUT2D eigenvalue weighted by atomic mass is 35.5. The van der Waals surface area contributed by atoms with Crippen LogP contribution in [0.4, 0.5) is 10.1 Å². The first-order valence-corrected chi connectivity index (χ1v) is 10.9. The Labute approximate surface area is 197 Å². The van der Waals surface area contributed by atoms with Crippen LogP contribution in [-0.2, 0) is 0 Å². The van der Waals surface area contributed by atoms with Crippen LogP contribution in [0.3, 0.4) is 0 Å². The molecular weight excluding hydrogens is 472 g/mol. The second kappa shape index (κ2) is 9.28. The van der Waals surface area contributed by atoms with Gasteiger partial charge in [-0.05, 0) is 42.5 Å². The maximum Gasteiger partial charge on any atom is 0.281 e. The highest BCUT2D eigenvalue weighted by molar-refractivity contribution is 7.99. The molecular formula is C22H16Cl2FN5OS. The van der Waals surface area contributed by atoms with E-state index in [2.05, 4.69) is 15.1 Å². The lowest BCUT2D eigenvalue weighted by atomic mass is 10.1. The first-order chi connectivity index (χ1) is 15.3. The van der Waals surface area contributed by atoms with Crippen LogP contribution in [0.1, 0.15) is 0 Å². The summed E-state index contributed by atoms with van der Waals surface area (Å²) in [5, 5.41) is 5.78. The van der Waals surface area contributed by atoms with Crippen molar-refractivity contribution >= 4 is 52.5 Å². The van der Waals surface area contributed by atoms with Gasteiger partial charge in [0.25, 0.3) is 5.56 Å². The summed E-state index contributed by atoms with van der Waals surface area (Å²) < 4.78 is 14.8. The summed E-state index contributed by atoms with van der Waals surface area (Å²) in [6.45, 7) is 0. The van der Waals surface area contributed by atoms with Crippen LogP contribution in [0, 0.1) is 5.82 Å². The smallest absolute Gasteiger partial charge is 0.281 e. The van der Waals surface area contributed by atoms with Crippen LogP contribution in [0.5, 0.6) is 0 Å². The van der Waals surface area contributed by atoms with Gasteiger partial charge in [0.2, 0.25) is 0 Å². The van der Waals surface area contributed by atoms with Crippen LogP contribution in [0.25, 0.3) is 16.6 Å². The second-order valence-corrected chi connectivity index (χ2v) is 8.85. The van der Waals surface area contributed by atoms with Crippen molar-refractivity contribution in [2.75, 3.05) is 14.1 Å². The Hall–Kier alpha value is -2.94. The van der Waals surface area contributed by atoms with Crippen molar-refractivity contribution in [2.45, 2.75) is 9.92 Å². The Morgan fingerprint density at radius 1 is 1.09 bits per heavy atom. The van der Waals surface area contributed by atoms with Gasteiger partial charge >= 0.3 is 0 Å². The van der Waals surface area contributed by atoms with Gasteiger partial charge in [-0.3, -0.25) is 4.79 Å². The SMILES string of the molecule is CN(C)C=Nc1ccc(-c2c(=O)ncn3nc(Sc4ccc(F)cc4Cl)ccc23)c(Cl)c1. The molecule has 0 radical (unpaired) electrons. The summed E-state index contributed by atoms with van der Waals surface area (Å²) in [7, 11) is 3.73. The zero-order valence-corrected chi connectivity index (χ0v) is 19.3. The predicted octanol–water partition coefficient (Wildman–Crippen LogP) is 5.58. The third-order valence-electron chi connectivity index (χ3n) is 4.36. The molecule has 162 valence electrons. The Morgan fingerprint density at radius 2 is 1.91 bits per heavy atom. The highest BCUT2D eigenvalue weighted by Gasteiger charge is 2.15. The molecule has 10 heteroatoms. The lowest BCUT2D eigenvalue weighted by Crippen LogP contribution is -2.13. The quantitative estimate of drug-likeness (QED) is 0.271. The number of aliphatic imine (C=N–C) groups is 1.